The summed E-state index contributed by atoms with van der Waals surface area (Å²) >= 11 is 3.30. The summed E-state index contributed by atoms with van der Waals surface area (Å²) in [5, 5.41) is 8.95. The molecule has 20 heavy (non-hydrogen) atoms. The van der Waals surface area contributed by atoms with Gasteiger partial charge >= 0.3 is 0 Å². The Balaban J connectivity index is 2.13. The van der Waals surface area contributed by atoms with Crippen molar-refractivity contribution in [3.63, 3.8) is 0 Å². The number of sulfonamides is 1. The van der Waals surface area contributed by atoms with Gasteiger partial charge in [0, 0.05) is 4.47 Å². The molecule has 0 aromatic heterocycles. The zero-order chi connectivity index (χ0) is 14.6. The highest BCUT2D eigenvalue weighted by Crippen LogP contribution is 2.23. The van der Waals surface area contributed by atoms with Crippen LogP contribution in [-0.2, 0) is 22.4 Å². The van der Waals surface area contributed by atoms with Gasteiger partial charge in [-0.2, -0.15) is 0 Å². The van der Waals surface area contributed by atoms with Gasteiger partial charge in [-0.25, -0.2) is 8.42 Å². The van der Waals surface area contributed by atoms with Crippen LogP contribution in [0.4, 0.5) is 5.69 Å². The number of hydrogen-bond acceptors (Lipinski definition) is 3. The summed E-state index contributed by atoms with van der Waals surface area (Å²) in [5.41, 5.74) is 1.94. The van der Waals surface area contributed by atoms with E-state index >= 15 is 0 Å². The van der Waals surface area contributed by atoms with Gasteiger partial charge in [-0.05, 0) is 39.2 Å². The maximum absolute atomic E-state index is 12.1. The molecule has 0 aliphatic heterocycles. The van der Waals surface area contributed by atoms with Crippen LogP contribution in [-0.4, -0.2) is 13.5 Å². The zero-order valence-electron chi connectivity index (χ0n) is 10.6. The lowest BCUT2D eigenvalue weighted by atomic mass is 10.2. The van der Waals surface area contributed by atoms with Crippen molar-refractivity contribution in [2.45, 2.75) is 12.4 Å². The lowest BCUT2D eigenvalue weighted by Crippen LogP contribution is -2.15. The average molecular weight is 356 g/mol. The third kappa shape index (κ3) is 4.06. The molecule has 2 aromatic rings. The van der Waals surface area contributed by atoms with E-state index in [0.29, 0.717) is 15.7 Å². The molecule has 0 radical (unpaired) electrons. The molecule has 0 amide bonds. The lowest BCUT2D eigenvalue weighted by Gasteiger charge is -2.10. The molecule has 0 spiro atoms. The van der Waals surface area contributed by atoms with Crippen LogP contribution in [0.2, 0.25) is 0 Å². The van der Waals surface area contributed by atoms with Crippen LogP contribution < -0.4 is 4.72 Å². The molecule has 0 heterocycles. The summed E-state index contributed by atoms with van der Waals surface area (Å²) in [6.07, 6.45) is 0. The number of aliphatic hydroxyl groups excluding tert-OH is 1. The van der Waals surface area contributed by atoms with Crippen LogP contribution in [0.25, 0.3) is 0 Å². The van der Waals surface area contributed by atoms with Crippen molar-refractivity contribution in [1.29, 1.82) is 0 Å². The average Bonchev–Trinajstić information content (AvgIpc) is 2.41. The molecule has 2 rings (SSSR count). The van der Waals surface area contributed by atoms with Crippen LogP contribution in [0.15, 0.2) is 53.0 Å². The summed E-state index contributed by atoms with van der Waals surface area (Å²) in [4.78, 5) is 0. The van der Waals surface area contributed by atoms with Crippen LogP contribution in [0.5, 0.6) is 0 Å². The standard InChI is InChI=1S/C14H14BrNO3S/c15-13-3-1-2-4-14(13)16-20(18,19)10-12-7-5-11(9-17)6-8-12/h1-8,16-17H,9-10H2. The second-order valence-electron chi connectivity index (χ2n) is 4.32. The number of hydrogen-bond donors (Lipinski definition) is 2. The highest BCUT2D eigenvalue weighted by atomic mass is 79.9. The Hall–Kier alpha value is -1.37. The fourth-order valence-corrected chi connectivity index (χ4v) is 3.44. The molecule has 0 saturated carbocycles. The maximum atomic E-state index is 12.1. The molecule has 0 aliphatic carbocycles. The smallest absolute Gasteiger partial charge is 0.236 e. The number of rotatable bonds is 5. The first-order valence-corrected chi connectivity index (χ1v) is 8.38. The first-order valence-electron chi connectivity index (χ1n) is 5.94. The van der Waals surface area contributed by atoms with Gasteiger partial charge in [0.1, 0.15) is 0 Å². The summed E-state index contributed by atoms with van der Waals surface area (Å²) in [5.74, 6) is -0.111. The Bertz CT molecular complexity index is 684. The second-order valence-corrected chi connectivity index (χ2v) is 6.89. The Morgan fingerprint density at radius 2 is 1.60 bits per heavy atom. The molecule has 0 unspecified atom stereocenters. The van der Waals surface area contributed by atoms with Crippen molar-refractivity contribution in [3.05, 3.63) is 64.1 Å². The Labute approximate surface area is 126 Å². The number of nitrogens with one attached hydrogen (secondary N) is 1. The number of aliphatic hydroxyl groups is 1. The van der Waals surface area contributed by atoms with Crippen LogP contribution in [0, 0.1) is 0 Å². The van der Waals surface area contributed by atoms with E-state index in [1.807, 2.05) is 6.07 Å². The zero-order valence-corrected chi connectivity index (χ0v) is 13.0. The Morgan fingerprint density at radius 1 is 1.00 bits per heavy atom. The Morgan fingerprint density at radius 3 is 2.20 bits per heavy atom. The number of halogens is 1. The van der Waals surface area contributed by atoms with Crippen LogP contribution >= 0.6 is 15.9 Å². The molecule has 0 saturated heterocycles. The van der Waals surface area contributed by atoms with Gasteiger partial charge in [0.25, 0.3) is 0 Å². The number of anilines is 1. The number of benzene rings is 2. The van der Waals surface area contributed by atoms with Crippen molar-refractivity contribution in [2.75, 3.05) is 4.72 Å². The maximum Gasteiger partial charge on any atom is 0.236 e. The molecule has 0 atom stereocenters. The molecule has 6 heteroatoms. The molecule has 0 bridgehead atoms. The SMILES string of the molecule is O=S(=O)(Cc1ccc(CO)cc1)Nc1ccccc1Br. The minimum Gasteiger partial charge on any atom is -0.392 e. The van der Waals surface area contributed by atoms with E-state index in [-0.39, 0.29) is 12.4 Å². The molecular formula is C14H14BrNO3S. The van der Waals surface area contributed by atoms with Crippen molar-refractivity contribution >= 4 is 31.6 Å². The van der Waals surface area contributed by atoms with E-state index in [1.54, 1.807) is 42.5 Å². The summed E-state index contributed by atoms with van der Waals surface area (Å²) in [6.45, 7) is -0.0533. The fraction of sp³-hybridized carbons (Fsp3) is 0.143. The minimum absolute atomic E-state index is 0.0533. The normalized spacial score (nSPS) is 11.3. The van der Waals surface area contributed by atoms with E-state index in [0.717, 1.165) is 5.56 Å². The van der Waals surface area contributed by atoms with Gasteiger partial charge in [-0.1, -0.05) is 36.4 Å². The van der Waals surface area contributed by atoms with Gasteiger partial charge in [0.15, 0.2) is 0 Å². The second kappa shape index (κ2) is 6.39. The molecule has 2 N–H and O–H groups in total. The highest BCUT2D eigenvalue weighted by Gasteiger charge is 2.13. The fourth-order valence-electron chi connectivity index (χ4n) is 1.71. The summed E-state index contributed by atoms with van der Waals surface area (Å²) in [6, 6.07) is 13.9. The van der Waals surface area contributed by atoms with E-state index in [1.165, 1.54) is 0 Å². The molecule has 0 aliphatic rings. The third-order valence-electron chi connectivity index (χ3n) is 2.70. The predicted octanol–water partition coefficient (Wildman–Crippen LogP) is 2.88. The molecule has 2 aromatic carbocycles. The predicted molar refractivity (Wildman–Crippen MR) is 82.8 cm³/mol. The number of para-hydroxylation sites is 1. The quantitative estimate of drug-likeness (QED) is 0.866. The summed E-state index contributed by atoms with van der Waals surface area (Å²) in [7, 11) is -3.47. The topological polar surface area (TPSA) is 66.4 Å². The van der Waals surface area contributed by atoms with Crippen LogP contribution in [0.1, 0.15) is 11.1 Å². The van der Waals surface area contributed by atoms with E-state index in [9.17, 15) is 8.42 Å². The minimum atomic E-state index is -3.47. The Kier molecular flexibility index (Phi) is 4.80. The van der Waals surface area contributed by atoms with Gasteiger partial charge in [0.2, 0.25) is 10.0 Å². The molecule has 4 nitrogen and oxygen atoms in total. The monoisotopic (exact) mass is 355 g/mol. The first kappa shape index (κ1) is 15.0. The van der Waals surface area contributed by atoms with Crippen molar-refractivity contribution in [1.82, 2.24) is 0 Å². The van der Waals surface area contributed by atoms with E-state index in [4.69, 9.17) is 5.11 Å². The van der Waals surface area contributed by atoms with Gasteiger partial charge in [-0.15, -0.1) is 0 Å². The van der Waals surface area contributed by atoms with Crippen molar-refractivity contribution in [2.24, 2.45) is 0 Å². The van der Waals surface area contributed by atoms with Gasteiger partial charge in [0.05, 0.1) is 18.0 Å². The van der Waals surface area contributed by atoms with E-state index < -0.39 is 10.0 Å². The lowest BCUT2D eigenvalue weighted by molar-refractivity contribution is 0.282. The summed E-state index contributed by atoms with van der Waals surface area (Å²) < 4.78 is 27.4. The third-order valence-corrected chi connectivity index (χ3v) is 4.64. The molecule has 106 valence electrons. The van der Waals surface area contributed by atoms with Gasteiger partial charge in [-0.3, -0.25) is 4.72 Å². The van der Waals surface area contributed by atoms with Crippen molar-refractivity contribution in [3.8, 4) is 0 Å². The highest BCUT2D eigenvalue weighted by molar-refractivity contribution is 9.10. The molecular weight excluding hydrogens is 342 g/mol. The largest absolute Gasteiger partial charge is 0.392 e. The molecule has 0 fully saturated rings. The van der Waals surface area contributed by atoms with Crippen LogP contribution in [0.3, 0.4) is 0 Å². The van der Waals surface area contributed by atoms with E-state index in [2.05, 4.69) is 20.7 Å². The van der Waals surface area contributed by atoms with Crippen molar-refractivity contribution < 1.29 is 13.5 Å². The van der Waals surface area contributed by atoms with Gasteiger partial charge < -0.3 is 5.11 Å². The first-order chi connectivity index (χ1) is 9.50.